The third-order valence-electron chi connectivity index (χ3n) is 8.20. The second-order valence-corrected chi connectivity index (χ2v) is 9.73. The fourth-order valence-electron chi connectivity index (χ4n) is 6.96. The Bertz CT molecular complexity index is 918. The molecule has 150 valence electrons. The Morgan fingerprint density at radius 1 is 0.931 bits per heavy atom. The van der Waals surface area contributed by atoms with Crippen LogP contribution in [0.3, 0.4) is 0 Å². The lowest BCUT2D eigenvalue weighted by atomic mass is 9.68. The fraction of sp³-hybridized carbons (Fsp3) is 0.500. The van der Waals surface area contributed by atoms with Crippen LogP contribution in [0.25, 0.3) is 0 Å². The van der Waals surface area contributed by atoms with Crippen LogP contribution in [0, 0.1) is 17.8 Å². The molecule has 0 unspecified atom stereocenters. The summed E-state index contributed by atoms with van der Waals surface area (Å²) < 4.78 is 0. The number of benzene rings is 2. The smallest absolute Gasteiger partial charge is 0.251 e. The van der Waals surface area contributed by atoms with Gasteiger partial charge in [0.1, 0.15) is 0 Å². The number of carbonyl (C=O) groups excluding carboxylic acids is 1. The molecule has 0 radical (unpaired) electrons. The molecule has 1 amide bonds. The van der Waals surface area contributed by atoms with Gasteiger partial charge in [-0.25, -0.2) is 0 Å². The Kier molecular flexibility index (Phi) is 4.18. The Morgan fingerprint density at radius 2 is 1.72 bits per heavy atom. The average Bonchev–Trinajstić information content (AvgIpc) is 3.51. The summed E-state index contributed by atoms with van der Waals surface area (Å²) in [5.74, 6) is 2.95. The SMILES string of the molecule is O=C(NC1CCCC1)c1ccc2c(c1)[C@@H]1[C@H]3CC[C@@H](C3)[C@H]1[C@H](c1ccccc1)N2. The molecule has 2 N–H and O–H groups in total. The predicted molar refractivity (Wildman–Crippen MR) is 116 cm³/mol. The zero-order valence-corrected chi connectivity index (χ0v) is 16.9. The van der Waals surface area contributed by atoms with Gasteiger partial charge in [-0.15, -0.1) is 0 Å². The minimum absolute atomic E-state index is 0.115. The third kappa shape index (κ3) is 2.89. The van der Waals surface area contributed by atoms with Gasteiger partial charge in [0, 0.05) is 17.3 Å². The number of fused-ring (bicyclic) bond motifs is 7. The Morgan fingerprint density at radius 3 is 2.55 bits per heavy atom. The summed E-state index contributed by atoms with van der Waals surface area (Å²) in [5, 5.41) is 7.15. The lowest BCUT2D eigenvalue weighted by molar-refractivity contribution is 0.0937. The van der Waals surface area contributed by atoms with Crippen molar-refractivity contribution in [1.29, 1.82) is 0 Å². The second-order valence-electron chi connectivity index (χ2n) is 9.73. The van der Waals surface area contributed by atoms with E-state index < -0.39 is 0 Å². The number of rotatable bonds is 3. The molecule has 2 bridgehead atoms. The Labute approximate surface area is 173 Å². The van der Waals surface area contributed by atoms with Crippen molar-refractivity contribution in [2.24, 2.45) is 17.8 Å². The summed E-state index contributed by atoms with van der Waals surface area (Å²) in [4.78, 5) is 12.9. The lowest BCUT2D eigenvalue weighted by Crippen LogP contribution is -2.36. The molecular formula is C26H30N2O. The zero-order chi connectivity index (χ0) is 19.4. The van der Waals surface area contributed by atoms with E-state index in [1.165, 1.54) is 48.9 Å². The highest BCUT2D eigenvalue weighted by molar-refractivity contribution is 5.95. The molecular weight excluding hydrogens is 356 g/mol. The van der Waals surface area contributed by atoms with E-state index in [9.17, 15) is 4.79 Å². The minimum Gasteiger partial charge on any atom is -0.378 e. The summed E-state index contributed by atoms with van der Waals surface area (Å²) in [6, 6.07) is 18.1. The highest BCUT2D eigenvalue weighted by atomic mass is 16.1. The maximum absolute atomic E-state index is 12.9. The molecule has 0 spiro atoms. The van der Waals surface area contributed by atoms with E-state index in [0.29, 0.717) is 23.9 Å². The van der Waals surface area contributed by atoms with Gasteiger partial charge < -0.3 is 10.6 Å². The normalized spacial score (nSPS) is 32.5. The van der Waals surface area contributed by atoms with Gasteiger partial charge in [0.2, 0.25) is 0 Å². The first-order chi connectivity index (χ1) is 14.3. The maximum atomic E-state index is 12.9. The monoisotopic (exact) mass is 386 g/mol. The van der Waals surface area contributed by atoms with E-state index >= 15 is 0 Å². The van der Waals surface area contributed by atoms with Crippen LogP contribution in [0.2, 0.25) is 0 Å². The molecule has 3 fully saturated rings. The summed E-state index contributed by atoms with van der Waals surface area (Å²) in [5.41, 5.74) is 4.89. The van der Waals surface area contributed by atoms with Gasteiger partial charge in [-0.3, -0.25) is 4.79 Å². The standard InChI is InChI=1S/C26H30N2O/c29-26(27-20-8-4-5-9-20)19-12-13-22-21(15-19)23-17-10-11-18(14-17)24(23)25(28-22)16-6-2-1-3-7-16/h1-3,6-7,12-13,15,17-18,20,23-25,28H,4-5,8-11,14H2,(H,27,29)/t17-,18-,23-,24+,25-/m0/s1. The van der Waals surface area contributed by atoms with Crippen molar-refractivity contribution < 1.29 is 4.79 Å². The van der Waals surface area contributed by atoms with Gasteiger partial charge in [0.25, 0.3) is 5.91 Å². The van der Waals surface area contributed by atoms with E-state index in [1.807, 2.05) is 6.07 Å². The molecule has 1 aliphatic heterocycles. The highest BCUT2D eigenvalue weighted by Crippen LogP contribution is 2.63. The first-order valence-electron chi connectivity index (χ1n) is 11.5. The van der Waals surface area contributed by atoms with Crippen molar-refractivity contribution in [3.63, 3.8) is 0 Å². The van der Waals surface area contributed by atoms with Crippen LogP contribution < -0.4 is 10.6 Å². The van der Waals surface area contributed by atoms with Crippen LogP contribution in [0.15, 0.2) is 48.5 Å². The average molecular weight is 387 g/mol. The van der Waals surface area contributed by atoms with E-state index in [2.05, 4.69) is 53.1 Å². The molecule has 0 saturated heterocycles. The van der Waals surface area contributed by atoms with E-state index in [1.54, 1.807) is 0 Å². The molecule has 5 atom stereocenters. The van der Waals surface area contributed by atoms with Crippen molar-refractivity contribution in [3.8, 4) is 0 Å². The quantitative estimate of drug-likeness (QED) is 0.715. The van der Waals surface area contributed by atoms with Gasteiger partial charge in [0.15, 0.2) is 0 Å². The van der Waals surface area contributed by atoms with Crippen LogP contribution in [-0.4, -0.2) is 11.9 Å². The summed E-state index contributed by atoms with van der Waals surface area (Å²) in [6.07, 6.45) is 8.83. The van der Waals surface area contributed by atoms with Crippen LogP contribution in [0.5, 0.6) is 0 Å². The van der Waals surface area contributed by atoms with Crippen molar-refractivity contribution >= 4 is 11.6 Å². The second kappa shape index (κ2) is 6.90. The lowest BCUT2D eigenvalue weighted by Gasteiger charge is -2.43. The Balaban J connectivity index is 1.35. The predicted octanol–water partition coefficient (Wildman–Crippen LogP) is 5.66. The van der Waals surface area contributed by atoms with Gasteiger partial charge in [0.05, 0.1) is 6.04 Å². The third-order valence-corrected chi connectivity index (χ3v) is 8.20. The molecule has 2 aromatic rings. The summed E-state index contributed by atoms with van der Waals surface area (Å²) in [6.45, 7) is 0. The fourth-order valence-corrected chi connectivity index (χ4v) is 6.96. The van der Waals surface area contributed by atoms with Crippen LogP contribution in [-0.2, 0) is 0 Å². The molecule has 1 heterocycles. The largest absolute Gasteiger partial charge is 0.378 e. The van der Waals surface area contributed by atoms with Crippen LogP contribution in [0.4, 0.5) is 5.69 Å². The number of nitrogens with one attached hydrogen (secondary N) is 2. The molecule has 6 rings (SSSR count). The van der Waals surface area contributed by atoms with Crippen molar-refractivity contribution in [1.82, 2.24) is 5.32 Å². The molecule has 3 heteroatoms. The summed E-state index contributed by atoms with van der Waals surface area (Å²) in [7, 11) is 0. The van der Waals surface area contributed by atoms with Crippen molar-refractivity contribution in [2.45, 2.75) is 62.9 Å². The number of anilines is 1. The highest BCUT2D eigenvalue weighted by Gasteiger charge is 2.53. The van der Waals surface area contributed by atoms with Crippen LogP contribution >= 0.6 is 0 Å². The first-order valence-corrected chi connectivity index (χ1v) is 11.5. The van der Waals surface area contributed by atoms with E-state index in [4.69, 9.17) is 0 Å². The first kappa shape index (κ1) is 17.6. The Hall–Kier alpha value is -2.29. The molecule has 3 aliphatic carbocycles. The number of amides is 1. The van der Waals surface area contributed by atoms with Gasteiger partial charge >= 0.3 is 0 Å². The van der Waals surface area contributed by atoms with E-state index in [-0.39, 0.29) is 5.91 Å². The molecule has 3 saturated carbocycles. The molecule has 0 aromatic heterocycles. The van der Waals surface area contributed by atoms with Gasteiger partial charge in [-0.1, -0.05) is 43.2 Å². The molecule has 4 aliphatic rings. The van der Waals surface area contributed by atoms with Crippen LogP contribution in [0.1, 0.15) is 78.4 Å². The zero-order valence-electron chi connectivity index (χ0n) is 16.9. The van der Waals surface area contributed by atoms with Gasteiger partial charge in [-0.2, -0.15) is 0 Å². The van der Waals surface area contributed by atoms with Crippen molar-refractivity contribution in [3.05, 3.63) is 65.2 Å². The number of hydrogen-bond donors (Lipinski definition) is 2. The molecule has 3 nitrogen and oxygen atoms in total. The topological polar surface area (TPSA) is 41.1 Å². The summed E-state index contributed by atoms with van der Waals surface area (Å²) >= 11 is 0. The molecule has 29 heavy (non-hydrogen) atoms. The number of hydrogen-bond acceptors (Lipinski definition) is 2. The maximum Gasteiger partial charge on any atom is 0.251 e. The number of carbonyl (C=O) groups is 1. The molecule has 2 aromatic carbocycles. The minimum atomic E-state index is 0.115. The van der Waals surface area contributed by atoms with Gasteiger partial charge in [-0.05, 0) is 85.1 Å². The van der Waals surface area contributed by atoms with E-state index in [0.717, 1.165) is 30.2 Å². The van der Waals surface area contributed by atoms with Crippen molar-refractivity contribution in [2.75, 3.05) is 5.32 Å².